The highest BCUT2D eigenvalue weighted by molar-refractivity contribution is 5.79. The van der Waals surface area contributed by atoms with Crippen molar-refractivity contribution in [1.82, 2.24) is 10.2 Å². The molecule has 0 bridgehead atoms. The van der Waals surface area contributed by atoms with Gasteiger partial charge in [0, 0.05) is 18.5 Å². The van der Waals surface area contributed by atoms with Crippen LogP contribution in [-0.4, -0.2) is 36.5 Å². The molecule has 1 N–H and O–H groups in total. The first-order valence-corrected chi connectivity index (χ1v) is 8.86. The predicted octanol–water partition coefficient (Wildman–Crippen LogP) is 2.95. The van der Waals surface area contributed by atoms with Crippen molar-refractivity contribution in [1.29, 1.82) is 0 Å². The molecule has 0 radical (unpaired) electrons. The summed E-state index contributed by atoms with van der Waals surface area (Å²) >= 11 is 0. The normalized spacial score (nSPS) is 26.2. The van der Waals surface area contributed by atoms with Crippen LogP contribution in [0.5, 0.6) is 0 Å². The van der Waals surface area contributed by atoms with Crippen LogP contribution in [-0.2, 0) is 4.79 Å². The molecule has 2 saturated carbocycles. The highest BCUT2D eigenvalue weighted by Gasteiger charge is 2.37. The van der Waals surface area contributed by atoms with E-state index in [-0.39, 0.29) is 0 Å². The van der Waals surface area contributed by atoms with E-state index in [1.54, 1.807) is 0 Å². The van der Waals surface area contributed by atoms with Crippen LogP contribution in [0.15, 0.2) is 0 Å². The molecule has 1 amide bonds. The molecule has 0 unspecified atom stereocenters. The molecule has 0 spiro atoms. The summed E-state index contributed by atoms with van der Waals surface area (Å²) in [5, 5.41) is 3.43. The van der Waals surface area contributed by atoms with Gasteiger partial charge in [0.15, 0.2) is 0 Å². The largest absolute Gasteiger partial charge is 0.339 e. The van der Waals surface area contributed by atoms with Crippen LogP contribution in [0.25, 0.3) is 0 Å². The van der Waals surface area contributed by atoms with E-state index in [9.17, 15) is 4.79 Å². The first kappa shape index (κ1) is 14.4. The van der Waals surface area contributed by atoms with Gasteiger partial charge in [0.05, 0.1) is 0 Å². The highest BCUT2D eigenvalue weighted by Crippen LogP contribution is 2.33. The minimum Gasteiger partial charge on any atom is -0.339 e. The Morgan fingerprint density at radius 1 is 0.900 bits per heavy atom. The maximum Gasteiger partial charge on any atom is 0.225 e. The lowest BCUT2D eigenvalue weighted by Crippen LogP contribution is -2.43. The van der Waals surface area contributed by atoms with E-state index >= 15 is 0 Å². The monoisotopic (exact) mass is 278 g/mol. The van der Waals surface area contributed by atoms with Crippen LogP contribution in [0.4, 0.5) is 0 Å². The fraction of sp³-hybridized carbons (Fsp3) is 0.941. The molecule has 0 aromatic heterocycles. The molecule has 3 aliphatic rings. The molecule has 1 aliphatic heterocycles. The zero-order valence-electron chi connectivity index (χ0n) is 12.8. The molecule has 3 fully saturated rings. The minimum absolute atomic E-state index is 0.347. The maximum absolute atomic E-state index is 12.9. The molecule has 1 heterocycles. The summed E-state index contributed by atoms with van der Waals surface area (Å²) in [5.41, 5.74) is 0. The molecule has 0 aromatic carbocycles. The smallest absolute Gasteiger partial charge is 0.225 e. The van der Waals surface area contributed by atoms with E-state index < -0.39 is 0 Å². The maximum atomic E-state index is 12.9. The number of hydrogen-bond donors (Lipinski definition) is 1. The van der Waals surface area contributed by atoms with Gasteiger partial charge in [0.25, 0.3) is 0 Å². The van der Waals surface area contributed by atoms with Gasteiger partial charge in [0.1, 0.15) is 0 Å². The molecule has 20 heavy (non-hydrogen) atoms. The van der Waals surface area contributed by atoms with E-state index in [1.165, 1.54) is 51.4 Å². The van der Waals surface area contributed by atoms with Crippen molar-refractivity contribution in [3.63, 3.8) is 0 Å². The van der Waals surface area contributed by atoms with Gasteiger partial charge in [-0.2, -0.15) is 0 Å². The van der Waals surface area contributed by atoms with Crippen LogP contribution in [0.1, 0.15) is 64.2 Å². The van der Waals surface area contributed by atoms with Crippen molar-refractivity contribution >= 4 is 5.91 Å². The lowest BCUT2D eigenvalue weighted by Gasteiger charge is -2.32. The fourth-order valence-electron chi connectivity index (χ4n) is 3.91. The zero-order valence-corrected chi connectivity index (χ0v) is 12.8. The Morgan fingerprint density at radius 3 is 2.15 bits per heavy atom. The second kappa shape index (κ2) is 6.93. The van der Waals surface area contributed by atoms with Crippen LogP contribution in [0.3, 0.4) is 0 Å². The number of hydrogen-bond acceptors (Lipinski definition) is 2. The van der Waals surface area contributed by atoms with Gasteiger partial charge in [-0.15, -0.1) is 0 Å². The summed E-state index contributed by atoms with van der Waals surface area (Å²) in [6.07, 6.45) is 12.5. The molecule has 0 atom stereocenters. The van der Waals surface area contributed by atoms with E-state index in [4.69, 9.17) is 0 Å². The van der Waals surface area contributed by atoms with Crippen molar-refractivity contribution in [2.75, 3.05) is 19.6 Å². The standard InChI is InChI=1S/C17H30N2O/c20-17(15-5-3-1-2-4-6-15)19(16-7-8-16)13-14-9-11-18-12-10-14/h14-16,18H,1-13H2. The Morgan fingerprint density at radius 2 is 1.55 bits per heavy atom. The first-order valence-electron chi connectivity index (χ1n) is 8.86. The van der Waals surface area contributed by atoms with Crippen molar-refractivity contribution in [2.45, 2.75) is 70.3 Å². The third-order valence-electron chi connectivity index (χ3n) is 5.39. The molecule has 114 valence electrons. The Balaban J connectivity index is 1.58. The summed E-state index contributed by atoms with van der Waals surface area (Å²) in [7, 11) is 0. The number of amides is 1. The van der Waals surface area contributed by atoms with E-state index in [2.05, 4.69) is 10.2 Å². The molecule has 3 heteroatoms. The zero-order chi connectivity index (χ0) is 13.8. The van der Waals surface area contributed by atoms with Crippen LogP contribution >= 0.6 is 0 Å². The van der Waals surface area contributed by atoms with Gasteiger partial charge in [0.2, 0.25) is 5.91 Å². The quantitative estimate of drug-likeness (QED) is 0.802. The van der Waals surface area contributed by atoms with E-state index in [0.717, 1.165) is 38.4 Å². The van der Waals surface area contributed by atoms with Crippen LogP contribution in [0, 0.1) is 11.8 Å². The molecule has 3 rings (SSSR count). The molecular weight excluding hydrogens is 248 g/mol. The molecule has 1 saturated heterocycles. The summed E-state index contributed by atoms with van der Waals surface area (Å²) < 4.78 is 0. The SMILES string of the molecule is O=C(C1CCCCCC1)N(CC1CCNCC1)C1CC1. The van der Waals surface area contributed by atoms with Gasteiger partial charge in [-0.3, -0.25) is 4.79 Å². The van der Waals surface area contributed by atoms with Gasteiger partial charge in [-0.1, -0.05) is 25.7 Å². The first-order chi connectivity index (χ1) is 9.84. The third-order valence-corrected chi connectivity index (χ3v) is 5.39. The number of rotatable bonds is 4. The number of carbonyl (C=O) groups is 1. The van der Waals surface area contributed by atoms with Crippen LogP contribution < -0.4 is 5.32 Å². The minimum atomic E-state index is 0.347. The Hall–Kier alpha value is -0.570. The molecular formula is C17H30N2O. The average molecular weight is 278 g/mol. The molecule has 0 aromatic rings. The van der Waals surface area contributed by atoms with E-state index in [1.807, 2.05) is 0 Å². The van der Waals surface area contributed by atoms with E-state index in [0.29, 0.717) is 17.9 Å². The lowest BCUT2D eigenvalue weighted by molar-refractivity contribution is -0.137. The fourth-order valence-corrected chi connectivity index (χ4v) is 3.91. The summed E-state index contributed by atoms with van der Waals surface area (Å²) in [4.78, 5) is 15.2. The molecule has 3 nitrogen and oxygen atoms in total. The Labute approximate surface area is 123 Å². The Bertz CT molecular complexity index is 313. The second-order valence-electron chi connectivity index (χ2n) is 7.10. The number of carbonyl (C=O) groups excluding carboxylic acids is 1. The molecule has 2 aliphatic carbocycles. The third kappa shape index (κ3) is 3.75. The lowest BCUT2D eigenvalue weighted by atomic mass is 9.94. The van der Waals surface area contributed by atoms with Crippen molar-refractivity contribution in [2.24, 2.45) is 11.8 Å². The topological polar surface area (TPSA) is 32.3 Å². The number of nitrogens with zero attached hydrogens (tertiary/aromatic N) is 1. The van der Waals surface area contributed by atoms with Gasteiger partial charge >= 0.3 is 0 Å². The number of piperidine rings is 1. The summed E-state index contributed by atoms with van der Waals surface area (Å²) in [5.74, 6) is 1.60. The van der Waals surface area contributed by atoms with Crippen molar-refractivity contribution < 1.29 is 4.79 Å². The van der Waals surface area contributed by atoms with Gasteiger partial charge in [-0.05, 0) is 57.5 Å². The van der Waals surface area contributed by atoms with Gasteiger partial charge < -0.3 is 10.2 Å². The Kier molecular flexibility index (Phi) is 4.98. The second-order valence-corrected chi connectivity index (χ2v) is 7.10. The highest BCUT2D eigenvalue weighted by atomic mass is 16.2. The van der Waals surface area contributed by atoms with Crippen molar-refractivity contribution in [3.05, 3.63) is 0 Å². The summed E-state index contributed by atoms with van der Waals surface area (Å²) in [6, 6.07) is 0.598. The average Bonchev–Trinajstić information content (AvgIpc) is 3.31. The van der Waals surface area contributed by atoms with Crippen molar-refractivity contribution in [3.8, 4) is 0 Å². The van der Waals surface area contributed by atoms with Gasteiger partial charge in [-0.25, -0.2) is 0 Å². The summed E-state index contributed by atoms with van der Waals surface area (Å²) in [6.45, 7) is 3.32. The number of nitrogens with one attached hydrogen (secondary N) is 1. The predicted molar refractivity (Wildman–Crippen MR) is 81.5 cm³/mol. The van der Waals surface area contributed by atoms with Crippen LogP contribution in [0.2, 0.25) is 0 Å².